The van der Waals surface area contributed by atoms with Crippen molar-refractivity contribution < 1.29 is 4.74 Å². The van der Waals surface area contributed by atoms with Gasteiger partial charge in [-0.25, -0.2) is 0 Å². The molecule has 1 saturated heterocycles. The lowest BCUT2D eigenvalue weighted by atomic mass is 10.1. The van der Waals surface area contributed by atoms with Gasteiger partial charge in [0.05, 0.1) is 7.11 Å². The number of nitrogens with zero attached hydrogens (tertiary/aromatic N) is 1. The first-order chi connectivity index (χ1) is 9.78. The van der Waals surface area contributed by atoms with Crippen molar-refractivity contribution in [2.45, 2.75) is 50.7 Å². The normalized spacial score (nSPS) is 24.1. The van der Waals surface area contributed by atoms with Crippen LogP contribution < -0.4 is 10.1 Å². The minimum Gasteiger partial charge on any atom is -0.497 e. The zero-order chi connectivity index (χ0) is 13.9. The van der Waals surface area contributed by atoms with Crippen LogP contribution in [0.4, 0.5) is 0 Å². The quantitative estimate of drug-likeness (QED) is 0.863. The van der Waals surface area contributed by atoms with Gasteiger partial charge in [-0.1, -0.05) is 12.1 Å². The van der Waals surface area contributed by atoms with Crippen molar-refractivity contribution in [2.75, 3.05) is 20.2 Å². The van der Waals surface area contributed by atoms with Crippen LogP contribution in [0.3, 0.4) is 0 Å². The number of ether oxygens (including phenoxy) is 1. The lowest BCUT2D eigenvalue weighted by Crippen LogP contribution is -2.40. The third-order valence-electron chi connectivity index (χ3n) is 4.71. The van der Waals surface area contributed by atoms with E-state index in [4.69, 9.17) is 4.74 Å². The van der Waals surface area contributed by atoms with E-state index in [9.17, 15) is 0 Å². The molecule has 0 radical (unpaired) electrons. The Bertz CT molecular complexity index is 421. The molecular formula is C17H26N2O. The third kappa shape index (κ3) is 3.15. The molecule has 0 aromatic heterocycles. The van der Waals surface area contributed by atoms with Gasteiger partial charge in [0.25, 0.3) is 0 Å². The maximum Gasteiger partial charge on any atom is 0.118 e. The predicted molar refractivity (Wildman–Crippen MR) is 82.2 cm³/mol. The van der Waals surface area contributed by atoms with Crippen molar-refractivity contribution in [3.8, 4) is 5.75 Å². The lowest BCUT2D eigenvalue weighted by molar-refractivity contribution is 0.182. The lowest BCUT2D eigenvalue weighted by Gasteiger charge is -2.32. The first kappa shape index (κ1) is 13.9. The van der Waals surface area contributed by atoms with Crippen LogP contribution in [0.5, 0.6) is 5.75 Å². The van der Waals surface area contributed by atoms with Crippen molar-refractivity contribution in [3.63, 3.8) is 0 Å². The number of nitrogens with one attached hydrogen (secondary N) is 1. The Morgan fingerprint density at radius 3 is 2.55 bits per heavy atom. The topological polar surface area (TPSA) is 24.5 Å². The summed E-state index contributed by atoms with van der Waals surface area (Å²) in [5.74, 6) is 0.941. The predicted octanol–water partition coefficient (Wildman–Crippen LogP) is 2.97. The molecule has 110 valence electrons. The fourth-order valence-electron chi connectivity index (χ4n) is 3.27. The minimum atomic E-state index is 0.496. The highest BCUT2D eigenvalue weighted by Gasteiger charge is 2.34. The van der Waals surface area contributed by atoms with E-state index >= 15 is 0 Å². The Hall–Kier alpha value is -1.06. The molecule has 1 aromatic rings. The summed E-state index contributed by atoms with van der Waals surface area (Å²) in [4.78, 5) is 2.70. The van der Waals surface area contributed by atoms with Gasteiger partial charge in [-0.3, -0.25) is 4.90 Å². The maximum atomic E-state index is 5.25. The van der Waals surface area contributed by atoms with Gasteiger partial charge >= 0.3 is 0 Å². The summed E-state index contributed by atoms with van der Waals surface area (Å²) in [6.07, 6.45) is 5.40. The Balaban J connectivity index is 1.68. The second kappa shape index (κ2) is 6.15. The summed E-state index contributed by atoms with van der Waals surface area (Å²) < 4.78 is 5.25. The monoisotopic (exact) mass is 274 g/mol. The number of rotatable bonds is 6. The molecule has 2 aliphatic rings. The van der Waals surface area contributed by atoms with E-state index in [0.717, 1.165) is 11.8 Å². The van der Waals surface area contributed by atoms with Crippen LogP contribution in [0.15, 0.2) is 24.3 Å². The van der Waals surface area contributed by atoms with E-state index < -0.39 is 0 Å². The third-order valence-corrected chi connectivity index (χ3v) is 4.71. The maximum absolute atomic E-state index is 5.25. The highest BCUT2D eigenvalue weighted by molar-refractivity contribution is 5.29. The second-order valence-electron chi connectivity index (χ2n) is 6.17. The number of hydrogen-bond donors (Lipinski definition) is 1. The molecule has 3 nitrogen and oxygen atoms in total. The molecule has 3 heteroatoms. The Morgan fingerprint density at radius 2 is 2.00 bits per heavy atom. The van der Waals surface area contributed by atoms with Crippen LogP contribution in [-0.4, -0.2) is 37.2 Å². The Kier molecular flexibility index (Phi) is 4.27. The molecular weight excluding hydrogens is 248 g/mol. The largest absolute Gasteiger partial charge is 0.497 e. The minimum absolute atomic E-state index is 0.496. The van der Waals surface area contributed by atoms with Gasteiger partial charge in [0.1, 0.15) is 5.75 Å². The number of hydrogen-bond acceptors (Lipinski definition) is 3. The Labute approximate surface area is 122 Å². The highest BCUT2D eigenvalue weighted by atomic mass is 16.5. The van der Waals surface area contributed by atoms with Gasteiger partial charge in [-0.2, -0.15) is 0 Å². The van der Waals surface area contributed by atoms with Gasteiger partial charge in [0, 0.05) is 24.7 Å². The zero-order valence-corrected chi connectivity index (χ0v) is 12.6. The van der Waals surface area contributed by atoms with Crippen molar-refractivity contribution in [3.05, 3.63) is 29.8 Å². The SMILES string of the molecule is COc1ccc(C(C)N(CC2CCCN2)C2CC2)cc1. The van der Waals surface area contributed by atoms with Gasteiger partial charge in [-0.15, -0.1) is 0 Å². The average molecular weight is 274 g/mol. The van der Waals surface area contributed by atoms with Crippen molar-refractivity contribution in [1.82, 2.24) is 10.2 Å². The summed E-state index contributed by atoms with van der Waals surface area (Å²) in [6, 6.07) is 10.6. The van der Waals surface area contributed by atoms with E-state index in [0.29, 0.717) is 12.1 Å². The van der Waals surface area contributed by atoms with E-state index in [2.05, 4.69) is 41.4 Å². The van der Waals surface area contributed by atoms with Crippen LogP contribution >= 0.6 is 0 Å². The molecule has 20 heavy (non-hydrogen) atoms. The Morgan fingerprint density at radius 1 is 1.25 bits per heavy atom. The highest BCUT2D eigenvalue weighted by Crippen LogP contribution is 2.35. The molecule has 0 bridgehead atoms. The van der Waals surface area contributed by atoms with Crippen molar-refractivity contribution in [1.29, 1.82) is 0 Å². The molecule has 1 N–H and O–H groups in total. The molecule has 1 aliphatic heterocycles. The number of methoxy groups -OCH3 is 1. The summed E-state index contributed by atoms with van der Waals surface area (Å²) in [5.41, 5.74) is 1.40. The van der Waals surface area contributed by atoms with Gasteiger partial charge in [0.2, 0.25) is 0 Å². The first-order valence-corrected chi connectivity index (χ1v) is 7.91. The smallest absolute Gasteiger partial charge is 0.118 e. The van der Waals surface area contributed by atoms with Crippen LogP contribution in [0.25, 0.3) is 0 Å². The summed E-state index contributed by atoms with van der Waals surface area (Å²) >= 11 is 0. The van der Waals surface area contributed by atoms with E-state index in [1.165, 1.54) is 44.3 Å². The van der Waals surface area contributed by atoms with E-state index in [1.54, 1.807) is 7.11 Å². The molecule has 0 amide bonds. The van der Waals surface area contributed by atoms with Crippen LogP contribution in [0.2, 0.25) is 0 Å². The van der Waals surface area contributed by atoms with Gasteiger partial charge < -0.3 is 10.1 Å². The molecule has 1 saturated carbocycles. The second-order valence-corrected chi connectivity index (χ2v) is 6.17. The fourth-order valence-corrected chi connectivity index (χ4v) is 3.27. The summed E-state index contributed by atoms with van der Waals surface area (Å²) in [5, 5.41) is 3.63. The molecule has 1 aliphatic carbocycles. The van der Waals surface area contributed by atoms with E-state index in [-0.39, 0.29) is 0 Å². The molecule has 2 unspecified atom stereocenters. The van der Waals surface area contributed by atoms with Crippen molar-refractivity contribution in [2.24, 2.45) is 0 Å². The van der Waals surface area contributed by atoms with Crippen LogP contribution in [0.1, 0.15) is 44.2 Å². The molecule has 1 heterocycles. The summed E-state index contributed by atoms with van der Waals surface area (Å²) in [7, 11) is 1.72. The van der Waals surface area contributed by atoms with Gasteiger partial charge in [-0.05, 0) is 56.8 Å². The van der Waals surface area contributed by atoms with E-state index in [1.807, 2.05) is 0 Å². The molecule has 1 aromatic carbocycles. The average Bonchev–Trinajstić information content (AvgIpc) is 3.21. The standard InChI is InChI=1S/C17H26N2O/c1-13(14-5-9-17(20-2)10-6-14)19(16-7-8-16)12-15-4-3-11-18-15/h5-6,9-10,13,15-16,18H,3-4,7-8,11-12H2,1-2H3. The molecule has 2 fully saturated rings. The van der Waals surface area contributed by atoms with Crippen LogP contribution in [-0.2, 0) is 0 Å². The first-order valence-electron chi connectivity index (χ1n) is 7.91. The number of benzene rings is 1. The molecule has 0 spiro atoms. The van der Waals surface area contributed by atoms with Crippen LogP contribution in [0, 0.1) is 0 Å². The molecule has 2 atom stereocenters. The molecule has 3 rings (SSSR count). The summed E-state index contributed by atoms with van der Waals surface area (Å²) in [6.45, 7) is 4.73. The fraction of sp³-hybridized carbons (Fsp3) is 0.647. The van der Waals surface area contributed by atoms with Crippen molar-refractivity contribution >= 4 is 0 Å². The van der Waals surface area contributed by atoms with Gasteiger partial charge in [0.15, 0.2) is 0 Å². The zero-order valence-electron chi connectivity index (χ0n) is 12.6.